The number of benzene rings is 4. The fraction of sp³-hybridized carbons (Fsp3) is 0.729. The minimum atomic E-state index is -0.0727. The third kappa shape index (κ3) is 101. The lowest BCUT2D eigenvalue weighted by Crippen LogP contribution is -2.29. The van der Waals surface area contributed by atoms with Gasteiger partial charge in [-0.3, -0.25) is 0 Å². The highest BCUT2D eigenvalue weighted by Gasteiger charge is 2.25. The molecule has 5 aromatic rings. The molecule has 1 aromatic heterocycles. The summed E-state index contributed by atoms with van der Waals surface area (Å²) in [6.07, 6.45) is 20.7. The number of rotatable bonds is 64. The molecule has 1 fully saturated rings. The summed E-state index contributed by atoms with van der Waals surface area (Å²) in [6, 6.07) is 30.9. The molecule has 846 valence electrons. The van der Waals surface area contributed by atoms with Gasteiger partial charge in [0.1, 0.15) is 89.5 Å². The quantitative estimate of drug-likeness (QED) is 0.0327. The van der Waals surface area contributed by atoms with E-state index in [-0.39, 0.29) is 60.4 Å². The van der Waals surface area contributed by atoms with Crippen LogP contribution in [0.5, 0.6) is 28.7 Å². The Labute approximate surface area is 883 Å². The first-order valence-corrected chi connectivity index (χ1v) is 53.1. The van der Waals surface area contributed by atoms with Crippen molar-refractivity contribution in [1.82, 2.24) is 0 Å². The van der Waals surface area contributed by atoms with E-state index in [0.29, 0.717) is 167 Å². The summed E-state index contributed by atoms with van der Waals surface area (Å²) >= 11 is 0. The third-order valence-electron chi connectivity index (χ3n) is 19.0. The lowest BCUT2D eigenvalue weighted by molar-refractivity contribution is -0.0987. The van der Waals surface area contributed by atoms with Crippen LogP contribution in [0.3, 0.4) is 0 Å². The van der Waals surface area contributed by atoms with E-state index in [1.54, 1.807) is 12.5 Å². The summed E-state index contributed by atoms with van der Waals surface area (Å²) in [4.78, 5) is 32.0. The van der Waals surface area contributed by atoms with Crippen LogP contribution in [0.15, 0.2) is 108 Å². The van der Waals surface area contributed by atoms with E-state index in [9.17, 15) is 0 Å². The summed E-state index contributed by atoms with van der Waals surface area (Å²) in [5, 5.41) is 0. The van der Waals surface area contributed by atoms with Crippen LogP contribution >= 0.6 is 0 Å². The highest BCUT2D eigenvalue weighted by molar-refractivity contribution is 5.41. The molecular weight excluding hydrogens is 1850 g/mol. The zero-order valence-electron chi connectivity index (χ0n) is 97.8. The Kier molecular flexibility index (Phi) is 103. The number of carbonyl (C=O) groups excluding carboxylic acids is 4. The van der Waals surface area contributed by atoms with Gasteiger partial charge in [-0.2, -0.15) is 0 Å². The Balaban J connectivity index is -0.000000384. The maximum atomic E-state index is 8.00. The molecule has 0 unspecified atom stereocenters. The van der Waals surface area contributed by atoms with E-state index in [1.807, 2.05) is 220 Å². The van der Waals surface area contributed by atoms with Gasteiger partial charge in [-0.15, -0.1) is 0 Å². The molecule has 0 radical (unpaired) electrons. The minimum absolute atomic E-state index is 0.0727. The molecule has 27 heteroatoms. The molecular formula is C118H212O27. The van der Waals surface area contributed by atoms with Crippen molar-refractivity contribution in [3.05, 3.63) is 137 Å². The molecule has 0 aliphatic heterocycles. The normalized spacial score (nSPS) is 12.7. The van der Waals surface area contributed by atoms with Crippen molar-refractivity contribution in [2.45, 2.75) is 461 Å². The van der Waals surface area contributed by atoms with Crippen LogP contribution in [-0.4, -0.2) is 249 Å². The van der Waals surface area contributed by atoms with Crippen molar-refractivity contribution >= 4 is 27.2 Å². The lowest BCUT2D eigenvalue weighted by Gasteiger charge is -2.30. The molecule has 27 nitrogen and oxygen atoms in total. The predicted molar refractivity (Wildman–Crippen MR) is 590 cm³/mol. The average molecular weight is 2060 g/mol. The van der Waals surface area contributed by atoms with Crippen molar-refractivity contribution in [2.24, 2.45) is 0 Å². The van der Waals surface area contributed by atoms with Crippen LogP contribution in [0.4, 0.5) is 0 Å². The van der Waals surface area contributed by atoms with Crippen molar-refractivity contribution in [3.63, 3.8) is 0 Å². The minimum Gasteiger partial charge on any atom is -0.491 e. The first-order valence-electron chi connectivity index (χ1n) is 53.1. The molecule has 0 N–H and O–H groups in total. The Morgan fingerprint density at radius 1 is 0.241 bits per heavy atom. The smallest absolute Gasteiger partial charge is 0.163 e. The van der Waals surface area contributed by atoms with Gasteiger partial charge >= 0.3 is 0 Å². The molecule has 1 saturated carbocycles. The van der Waals surface area contributed by atoms with Gasteiger partial charge in [-0.05, 0) is 351 Å². The van der Waals surface area contributed by atoms with Crippen LogP contribution in [0.25, 0.3) is 0 Å². The fourth-order valence-electron chi connectivity index (χ4n) is 12.2. The monoisotopic (exact) mass is 2060 g/mol. The van der Waals surface area contributed by atoms with Crippen LogP contribution in [0, 0.1) is 0 Å². The van der Waals surface area contributed by atoms with E-state index < -0.39 is 0 Å². The van der Waals surface area contributed by atoms with Crippen LogP contribution in [-0.2, 0) is 132 Å². The van der Waals surface area contributed by atoms with Gasteiger partial charge in [0.25, 0.3) is 0 Å². The number of hydrogen-bond donors (Lipinski definition) is 0. The topological polar surface area (TPSA) is 284 Å². The first kappa shape index (κ1) is 149. The van der Waals surface area contributed by atoms with Gasteiger partial charge < -0.3 is 128 Å². The molecule has 0 amide bonds. The molecule has 1 heterocycles. The zero-order chi connectivity index (χ0) is 111. The van der Waals surface area contributed by atoms with E-state index in [0.717, 1.165) is 110 Å². The fourth-order valence-corrected chi connectivity index (χ4v) is 12.2. The zero-order valence-corrected chi connectivity index (χ0v) is 97.8. The number of unbranched alkanes of at least 4 members (excludes halogenated alkanes) is 4. The van der Waals surface area contributed by atoms with Crippen molar-refractivity contribution in [3.8, 4) is 28.7 Å². The van der Waals surface area contributed by atoms with E-state index in [1.165, 1.54) is 42.4 Å². The average Bonchev–Trinajstić information content (AvgIpc) is 1.24. The SMILES string of the molecule is C=O.C=O.C=O.C=O.CC(C)OC1CCC(OC(C)C)CC1.CC(C)OCCCCCCOC(C)C.CC(C)OCCCCOC(C)C.CC(C)OCCOC(C)C.CC(C)OCCOc1cc(COC(C)C)cc(OCCOC(C)C)c1.CC(C)OCCOc1ccc(C(C)(C)c2ccc(COC(C)C)cc2)cc1.CC(C)OCCOc1cccc(COC(C)C)c1.CC(C)OCCOc1cocc1COC(C)C. The molecule has 0 bridgehead atoms. The van der Waals surface area contributed by atoms with Gasteiger partial charge in [-0.1, -0.05) is 75.2 Å². The molecule has 145 heavy (non-hydrogen) atoms. The Morgan fingerprint density at radius 2 is 0.497 bits per heavy atom. The molecule has 0 spiro atoms. The lowest BCUT2D eigenvalue weighted by atomic mass is 9.78. The highest BCUT2D eigenvalue weighted by atomic mass is 16.6. The summed E-state index contributed by atoms with van der Waals surface area (Å²) in [5.41, 5.74) is 6.77. The van der Waals surface area contributed by atoms with Gasteiger partial charge in [0.2, 0.25) is 0 Å². The van der Waals surface area contributed by atoms with Crippen LogP contribution in [0.2, 0.25) is 0 Å². The van der Waals surface area contributed by atoms with Crippen molar-refractivity contribution in [1.29, 1.82) is 0 Å². The second-order valence-corrected chi connectivity index (χ2v) is 39.3. The molecule has 6 rings (SSSR count). The Hall–Kier alpha value is -6.84. The predicted octanol–water partition coefficient (Wildman–Crippen LogP) is 26.6. The molecule has 1 aliphatic carbocycles. The standard InChI is InChI=1S/C24H34O3.C20H34O5.C15H24O3.C13H22O4.C12H24O2.C12H26O2.C10H22O2.C8H18O2.4CH2O/c1-18(2)25-15-16-26-23-13-11-22(12-14-23)24(5,6)21-9-7-20(8-10-21)17-27-19(3)4;1-15(2)21-7-9-23-19-11-18(14-25-17(5)6)12-20(13-19)24-10-8-22-16(3)4;1-12(2)16-8-9-17-15-7-5-6-14(10-15)11-18-13(3)4;1-10(2)15-5-6-16-13-9-14-7-12(13)8-17-11(3)4;1-9(2)13-11-5-7-12(8-6-11)14-10(3)4;1-11(2)13-9-7-5-6-8-10-14-12(3)4;1-9(2)11-7-5-6-8-12-10(3)4;1-7(2)9-5-6-10-8(3)4;4*1-2/h7-14,18-19H,15-17H2,1-6H3;11-13,15-17H,7-10,14H2,1-6H3;5-7,10,12-13H,8-9,11H2,1-4H3;7,9-11H,5-6,8H2,1-4H3;9-12H,5-8H2,1-4H3;11-12H,5-10H2,1-4H3;9-10H,5-8H2,1-4H3;7-8H,5-6H2,1-4H3;4*1H2. The molecule has 4 aromatic carbocycles. The van der Waals surface area contributed by atoms with Crippen molar-refractivity contribution < 1.29 is 128 Å². The summed E-state index contributed by atoms with van der Waals surface area (Å²) in [6.45, 7) is 94.8. The van der Waals surface area contributed by atoms with Gasteiger partial charge in [-0.25, -0.2) is 0 Å². The molecule has 1 aliphatic rings. The summed E-state index contributed by atoms with van der Waals surface area (Å²) in [5.74, 6) is 4.00. The van der Waals surface area contributed by atoms with Gasteiger partial charge in [0.05, 0.1) is 200 Å². The maximum Gasteiger partial charge on any atom is 0.163 e. The number of carbonyl (C=O) groups is 4. The van der Waals surface area contributed by atoms with Crippen LogP contribution in [0.1, 0.15) is 347 Å². The Morgan fingerprint density at radius 3 is 0.814 bits per heavy atom. The van der Waals surface area contributed by atoms with Gasteiger partial charge in [0, 0.05) is 37.9 Å². The highest BCUT2D eigenvalue weighted by Crippen LogP contribution is 2.34. The number of furan rings is 1. The van der Waals surface area contributed by atoms with Crippen LogP contribution < -0.4 is 23.7 Å². The second-order valence-electron chi connectivity index (χ2n) is 39.3. The Bertz CT molecular complexity index is 3420. The van der Waals surface area contributed by atoms with E-state index in [4.69, 9.17) is 128 Å². The second kappa shape index (κ2) is 100. The molecule has 0 saturated heterocycles. The van der Waals surface area contributed by atoms with E-state index in [2.05, 4.69) is 147 Å². The summed E-state index contributed by atoms with van der Waals surface area (Å²) in [7, 11) is 0. The van der Waals surface area contributed by atoms with Crippen molar-refractivity contribution in [2.75, 3.05) is 106 Å². The largest absolute Gasteiger partial charge is 0.491 e. The van der Waals surface area contributed by atoms with E-state index >= 15 is 0 Å². The third-order valence-corrected chi connectivity index (χ3v) is 19.0. The maximum absolute atomic E-state index is 8.00. The van der Waals surface area contributed by atoms with Gasteiger partial charge in [0.15, 0.2) is 5.75 Å². The molecule has 0 atom stereocenters. The number of ether oxygens (including phenoxy) is 22. The first-order chi connectivity index (χ1) is 68.8. The number of hydrogen-bond acceptors (Lipinski definition) is 27. The summed E-state index contributed by atoms with van der Waals surface area (Å²) < 4.78 is 127.